The molecule has 0 fully saturated rings. The largest absolute Gasteiger partial charge is 0.454 e. The fourth-order valence-corrected chi connectivity index (χ4v) is 3.15. The number of imidazole rings is 1. The number of nitrogens with one attached hydrogen (secondary N) is 2. The van der Waals surface area contributed by atoms with Crippen LogP contribution in [0.3, 0.4) is 0 Å². The third kappa shape index (κ3) is 2.76. The van der Waals surface area contributed by atoms with Gasteiger partial charge in [0, 0.05) is 24.9 Å². The van der Waals surface area contributed by atoms with Crippen molar-refractivity contribution in [3.8, 4) is 11.5 Å². The highest BCUT2D eigenvalue weighted by molar-refractivity contribution is 7.90. The lowest BCUT2D eigenvalue weighted by atomic mass is 10.2. The molecule has 8 heteroatoms. The second kappa shape index (κ2) is 5.41. The fraction of sp³-hybridized carbons (Fsp3) is 0.188. The lowest BCUT2D eigenvalue weighted by Crippen LogP contribution is -2.02. The molecule has 0 amide bonds. The summed E-state index contributed by atoms with van der Waals surface area (Å²) in [5.41, 5.74) is 2.60. The average Bonchev–Trinajstić information content (AvgIpc) is 3.15. The number of sulfone groups is 1. The molecule has 0 spiro atoms. The number of aromatic nitrogens is 2. The lowest BCUT2D eigenvalue weighted by molar-refractivity contribution is 0.174. The molecule has 2 heterocycles. The predicted octanol–water partition coefficient (Wildman–Crippen LogP) is 2.31. The van der Waals surface area contributed by atoms with E-state index in [1.807, 2.05) is 12.1 Å². The number of H-pyrrole nitrogens is 1. The molecule has 0 radical (unpaired) electrons. The van der Waals surface area contributed by atoms with E-state index >= 15 is 0 Å². The SMILES string of the molecule is CS(=O)(=O)c1ccc(CNc2nc3cc4c(cc3[nH]2)OCO4)cc1. The van der Waals surface area contributed by atoms with Crippen molar-refractivity contribution < 1.29 is 17.9 Å². The van der Waals surface area contributed by atoms with E-state index < -0.39 is 9.84 Å². The topological polar surface area (TPSA) is 93.3 Å². The van der Waals surface area contributed by atoms with Crippen molar-refractivity contribution in [1.82, 2.24) is 9.97 Å². The van der Waals surface area contributed by atoms with Crippen LogP contribution >= 0.6 is 0 Å². The summed E-state index contributed by atoms with van der Waals surface area (Å²) in [5, 5.41) is 3.19. The van der Waals surface area contributed by atoms with E-state index in [-0.39, 0.29) is 6.79 Å². The minimum Gasteiger partial charge on any atom is -0.454 e. The van der Waals surface area contributed by atoms with Gasteiger partial charge in [0.2, 0.25) is 12.7 Å². The summed E-state index contributed by atoms with van der Waals surface area (Å²) in [7, 11) is -3.17. The summed E-state index contributed by atoms with van der Waals surface area (Å²) in [6.07, 6.45) is 1.19. The highest BCUT2D eigenvalue weighted by Gasteiger charge is 2.16. The van der Waals surface area contributed by atoms with Crippen molar-refractivity contribution in [3.63, 3.8) is 0 Å². The first kappa shape index (κ1) is 14.8. The lowest BCUT2D eigenvalue weighted by Gasteiger charge is -2.04. The average molecular weight is 345 g/mol. The Hall–Kier alpha value is -2.74. The van der Waals surface area contributed by atoms with E-state index in [1.54, 1.807) is 24.3 Å². The van der Waals surface area contributed by atoms with Crippen molar-refractivity contribution in [2.45, 2.75) is 11.4 Å². The first-order valence-corrected chi connectivity index (χ1v) is 9.20. The first-order chi connectivity index (χ1) is 11.5. The standard InChI is InChI=1S/C16H15N3O4S/c1-24(20,21)11-4-2-10(3-5-11)8-17-16-18-12-6-14-15(23-9-22-14)7-13(12)19-16/h2-7H,8-9H2,1H3,(H2,17,18,19). The normalized spacial score (nSPS) is 13.4. The summed E-state index contributed by atoms with van der Waals surface area (Å²) in [6.45, 7) is 0.757. The van der Waals surface area contributed by atoms with Gasteiger partial charge < -0.3 is 19.8 Å². The summed E-state index contributed by atoms with van der Waals surface area (Å²) < 4.78 is 33.6. The quantitative estimate of drug-likeness (QED) is 0.754. The van der Waals surface area contributed by atoms with Gasteiger partial charge in [0.15, 0.2) is 21.3 Å². The van der Waals surface area contributed by atoms with Gasteiger partial charge in [0.1, 0.15) is 0 Å². The Kier molecular flexibility index (Phi) is 3.34. The molecular formula is C16H15N3O4S. The first-order valence-electron chi connectivity index (χ1n) is 7.31. The Morgan fingerprint density at radius 3 is 2.58 bits per heavy atom. The minimum atomic E-state index is -3.17. The molecule has 1 aliphatic rings. The highest BCUT2D eigenvalue weighted by atomic mass is 32.2. The van der Waals surface area contributed by atoms with Crippen LogP contribution in [0.15, 0.2) is 41.3 Å². The number of fused-ring (bicyclic) bond motifs is 2. The molecule has 2 N–H and O–H groups in total. The van der Waals surface area contributed by atoms with E-state index in [0.29, 0.717) is 28.9 Å². The Bertz CT molecular complexity index is 969. The van der Waals surface area contributed by atoms with Gasteiger partial charge in [0.05, 0.1) is 15.9 Å². The maximum atomic E-state index is 11.5. The molecule has 124 valence electrons. The Labute approximate surface area is 138 Å². The molecule has 2 aromatic carbocycles. The van der Waals surface area contributed by atoms with Gasteiger partial charge in [-0.1, -0.05) is 12.1 Å². The summed E-state index contributed by atoms with van der Waals surface area (Å²) in [5.74, 6) is 2.02. The summed E-state index contributed by atoms with van der Waals surface area (Å²) in [6, 6.07) is 10.5. The van der Waals surface area contributed by atoms with Gasteiger partial charge >= 0.3 is 0 Å². The molecule has 0 aliphatic carbocycles. The molecule has 7 nitrogen and oxygen atoms in total. The fourth-order valence-electron chi connectivity index (χ4n) is 2.52. The third-order valence-electron chi connectivity index (χ3n) is 3.79. The van der Waals surface area contributed by atoms with Gasteiger partial charge in [-0.15, -0.1) is 0 Å². The maximum absolute atomic E-state index is 11.5. The summed E-state index contributed by atoms with van der Waals surface area (Å²) >= 11 is 0. The van der Waals surface area contributed by atoms with Crippen molar-refractivity contribution >= 4 is 26.8 Å². The molecule has 1 aromatic heterocycles. The summed E-state index contributed by atoms with van der Waals surface area (Å²) in [4.78, 5) is 7.95. The number of hydrogen-bond donors (Lipinski definition) is 2. The number of nitrogens with zero attached hydrogens (tertiary/aromatic N) is 1. The number of rotatable bonds is 4. The molecule has 1 aliphatic heterocycles. The van der Waals surface area contributed by atoms with Gasteiger partial charge in [0.25, 0.3) is 0 Å². The minimum absolute atomic E-state index is 0.233. The molecule has 0 saturated heterocycles. The van der Waals surface area contributed by atoms with Crippen molar-refractivity contribution in [3.05, 3.63) is 42.0 Å². The Balaban J connectivity index is 1.50. The van der Waals surface area contributed by atoms with E-state index in [4.69, 9.17) is 9.47 Å². The van der Waals surface area contributed by atoms with Crippen molar-refractivity contribution in [2.75, 3.05) is 18.4 Å². The predicted molar refractivity (Wildman–Crippen MR) is 89.1 cm³/mol. The van der Waals surface area contributed by atoms with Crippen LogP contribution in [0.5, 0.6) is 11.5 Å². The highest BCUT2D eigenvalue weighted by Crippen LogP contribution is 2.35. The molecule has 4 rings (SSSR count). The molecule has 0 bridgehead atoms. The monoisotopic (exact) mass is 345 g/mol. The Morgan fingerprint density at radius 1 is 1.17 bits per heavy atom. The second-order valence-electron chi connectivity index (χ2n) is 5.58. The maximum Gasteiger partial charge on any atom is 0.231 e. The van der Waals surface area contributed by atoms with Crippen LogP contribution in [0.2, 0.25) is 0 Å². The smallest absolute Gasteiger partial charge is 0.231 e. The number of benzene rings is 2. The molecule has 0 atom stereocenters. The molecule has 24 heavy (non-hydrogen) atoms. The molecular weight excluding hydrogens is 330 g/mol. The van der Waals surface area contributed by atoms with E-state index in [9.17, 15) is 8.42 Å². The molecule has 3 aromatic rings. The van der Waals surface area contributed by atoms with E-state index in [2.05, 4.69) is 15.3 Å². The van der Waals surface area contributed by atoms with Crippen LogP contribution in [-0.4, -0.2) is 31.4 Å². The molecule has 0 unspecified atom stereocenters. The van der Waals surface area contributed by atoms with E-state index in [0.717, 1.165) is 16.6 Å². The van der Waals surface area contributed by atoms with Crippen LogP contribution in [0, 0.1) is 0 Å². The van der Waals surface area contributed by atoms with Gasteiger partial charge in [-0.25, -0.2) is 13.4 Å². The number of ether oxygens (including phenoxy) is 2. The molecule has 0 saturated carbocycles. The van der Waals surface area contributed by atoms with Crippen LogP contribution in [0.4, 0.5) is 5.95 Å². The number of anilines is 1. The van der Waals surface area contributed by atoms with Crippen molar-refractivity contribution in [1.29, 1.82) is 0 Å². The van der Waals surface area contributed by atoms with E-state index in [1.165, 1.54) is 6.26 Å². The van der Waals surface area contributed by atoms with Crippen LogP contribution in [0.1, 0.15) is 5.56 Å². The van der Waals surface area contributed by atoms with Gasteiger partial charge in [-0.2, -0.15) is 0 Å². The zero-order valence-electron chi connectivity index (χ0n) is 12.9. The number of aromatic amines is 1. The third-order valence-corrected chi connectivity index (χ3v) is 4.92. The van der Waals surface area contributed by atoms with Crippen LogP contribution in [0.25, 0.3) is 11.0 Å². The Morgan fingerprint density at radius 2 is 1.88 bits per heavy atom. The second-order valence-corrected chi connectivity index (χ2v) is 7.59. The van der Waals surface area contributed by atoms with Gasteiger partial charge in [-0.3, -0.25) is 0 Å². The van der Waals surface area contributed by atoms with Crippen molar-refractivity contribution in [2.24, 2.45) is 0 Å². The zero-order chi connectivity index (χ0) is 16.7. The zero-order valence-corrected chi connectivity index (χ0v) is 13.7. The van der Waals surface area contributed by atoms with Crippen LogP contribution < -0.4 is 14.8 Å². The van der Waals surface area contributed by atoms with Gasteiger partial charge in [-0.05, 0) is 17.7 Å². The van der Waals surface area contributed by atoms with Crippen LogP contribution in [-0.2, 0) is 16.4 Å². The number of hydrogen-bond acceptors (Lipinski definition) is 6.